The molecule has 1 heterocycles. The van der Waals surface area contributed by atoms with Gasteiger partial charge in [0.25, 0.3) is 0 Å². The van der Waals surface area contributed by atoms with Gasteiger partial charge >= 0.3 is 0 Å². The number of hydrogen-bond acceptors (Lipinski definition) is 3. The van der Waals surface area contributed by atoms with E-state index >= 15 is 0 Å². The molecule has 1 rings (SSSR count). The summed E-state index contributed by atoms with van der Waals surface area (Å²) in [6.45, 7) is 3.94. The van der Waals surface area contributed by atoms with Gasteiger partial charge in [0.05, 0.1) is 0 Å². The lowest BCUT2D eigenvalue weighted by Crippen LogP contribution is -2.32. The van der Waals surface area contributed by atoms with Gasteiger partial charge in [0.2, 0.25) is 0 Å². The van der Waals surface area contributed by atoms with Crippen molar-refractivity contribution in [2.75, 3.05) is 19.7 Å². The average molecular weight is 185 g/mol. The van der Waals surface area contributed by atoms with Gasteiger partial charge in [0.15, 0.2) is 0 Å². The molecular weight excluding hydrogens is 166 g/mol. The zero-order valence-corrected chi connectivity index (χ0v) is 8.33. The Morgan fingerprint density at radius 3 is 3.00 bits per heavy atom. The molecule has 13 heavy (non-hydrogen) atoms. The molecule has 0 aliphatic carbocycles. The normalized spacial score (nSPS) is 23.7. The number of aliphatic hydroxyl groups excluding tert-OH is 1. The van der Waals surface area contributed by atoms with Crippen LogP contribution in [0.3, 0.4) is 0 Å². The summed E-state index contributed by atoms with van der Waals surface area (Å²) in [5.41, 5.74) is 0. The van der Waals surface area contributed by atoms with Crippen LogP contribution in [0.15, 0.2) is 0 Å². The van der Waals surface area contributed by atoms with Gasteiger partial charge in [-0.3, -0.25) is 9.69 Å². The maximum atomic E-state index is 10.9. The van der Waals surface area contributed by atoms with E-state index in [4.69, 9.17) is 5.11 Å². The predicted molar refractivity (Wildman–Crippen MR) is 51.6 cm³/mol. The minimum atomic E-state index is 0.253. The predicted octanol–water partition coefficient (Wildman–Crippen LogP) is 0.812. The molecule has 1 N–H and O–H groups in total. The van der Waals surface area contributed by atoms with E-state index in [1.807, 2.05) is 0 Å². The molecule has 0 saturated carbocycles. The summed E-state index contributed by atoms with van der Waals surface area (Å²) in [6.07, 6.45) is 3.86. The highest BCUT2D eigenvalue weighted by Crippen LogP contribution is 2.20. The fourth-order valence-corrected chi connectivity index (χ4v) is 2.03. The first-order chi connectivity index (χ1) is 6.24. The summed E-state index contributed by atoms with van der Waals surface area (Å²) in [5, 5.41) is 8.70. The van der Waals surface area contributed by atoms with Crippen LogP contribution in [0.2, 0.25) is 0 Å². The Kier molecular flexibility index (Phi) is 4.39. The fraction of sp³-hybridized carbons (Fsp3) is 0.900. The highest BCUT2D eigenvalue weighted by Gasteiger charge is 2.24. The van der Waals surface area contributed by atoms with Crippen molar-refractivity contribution in [1.82, 2.24) is 4.90 Å². The van der Waals surface area contributed by atoms with Gasteiger partial charge < -0.3 is 5.11 Å². The average Bonchev–Trinajstić information content (AvgIpc) is 2.48. The molecule has 0 aromatic rings. The van der Waals surface area contributed by atoms with E-state index in [1.165, 1.54) is 6.42 Å². The lowest BCUT2D eigenvalue weighted by molar-refractivity contribution is -0.118. The number of rotatable bonds is 5. The number of aliphatic hydroxyl groups is 1. The molecule has 1 aliphatic rings. The summed E-state index contributed by atoms with van der Waals surface area (Å²) in [6, 6.07) is 0.448. The van der Waals surface area contributed by atoms with Gasteiger partial charge in [0.1, 0.15) is 5.78 Å². The van der Waals surface area contributed by atoms with E-state index in [0.717, 1.165) is 25.9 Å². The van der Waals surface area contributed by atoms with E-state index in [1.54, 1.807) is 6.92 Å². The van der Waals surface area contributed by atoms with E-state index < -0.39 is 0 Å². The molecule has 3 nitrogen and oxygen atoms in total. The second-order valence-corrected chi connectivity index (χ2v) is 3.82. The fourth-order valence-electron chi connectivity index (χ4n) is 2.03. The van der Waals surface area contributed by atoms with Crippen molar-refractivity contribution < 1.29 is 9.90 Å². The quantitative estimate of drug-likeness (QED) is 0.689. The number of carbonyl (C=O) groups is 1. The topological polar surface area (TPSA) is 40.5 Å². The summed E-state index contributed by atoms with van der Waals surface area (Å²) in [5.74, 6) is 0.279. The molecule has 0 radical (unpaired) electrons. The molecule has 0 spiro atoms. The second-order valence-electron chi connectivity index (χ2n) is 3.82. The summed E-state index contributed by atoms with van der Waals surface area (Å²) in [4.78, 5) is 13.3. The lowest BCUT2D eigenvalue weighted by Gasteiger charge is -2.22. The molecule has 1 atom stereocenters. The van der Waals surface area contributed by atoms with Crippen molar-refractivity contribution in [3.8, 4) is 0 Å². The number of nitrogens with zero attached hydrogens (tertiary/aromatic N) is 1. The molecule has 1 unspecified atom stereocenters. The Bertz CT molecular complexity index is 170. The SMILES string of the molecule is CC(=O)CC1CCCN1CCCO. The smallest absolute Gasteiger partial charge is 0.131 e. The van der Waals surface area contributed by atoms with E-state index in [9.17, 15) is 4.79 Å². The third kappa shape index (κ3) is 3.44. The van der Waals surface area contributed by atoms with Crippen molar-refractivity contribution >= 4 is 5.78 Å². The largest absolute Gasteiger partial charge is 0.396 e. The van der Waals surface area contributed by atoms with Gasteiger partial charge in [-0.25, -0.2) is 0 Å². The molecule has 0 aromatic carbocycles. The van der Waals surface area contributed by atoms with Crippen molar-refractivity contribution in [1.29, 1.82) is 0 Å². The minimum absolute atomic E-state index is 0.253. The van der Waals surface area contributed by atoms with Gasteiger partial charge in [-0.1, -0.05) is 0 Å². The Hall–Kier alpha value is -0.410. The Morgan fingerprint density at radius 1 is 1.62 bits per heavy atom. The van der Waals surface area contributed by atoms with E-state index in [-0.39, 0.29) is 12.4 Å². The first-order valence-electron chi connectivity index (χ1n) is 5.08. The summed E-state index contributed by atoms with van der Waals surface area (Å²) in [7, 11) is 0. The third-order valence-electron chi connectivity index (χ3n) is 2.63. The molecule has 0 bridgehead atoms. The third-order valence-corrected chi connectivity index (χ3v) is 2.63. The molecule has 1 aliphatic heterocycles. The van der Waals surface area contributed by atoms with E-state index in [2.05, 4.69) is 4.90 Å². The maximum Gasteiger partial charge on any atom is 0.131 e. The monoisotopic (exact) mass is 185 g/mol. The number of hydrogen-bond donors (Lipinski definition) is 1. The molecule has 1 fully saturated rings. The maximum absolute atomic E-state index is 10.9. The summed E-state index contributed by atoms with van der Waals surface area (Å²) >= 11 is 0. The molecular formula is C10H19NO2. The number of carbonyl (C=O) groups excluding carboxylic acids is 1. The molecule has 76 valence electrons. The highest BCUT2D eigenvalue weighted by atomic mass is 16.3. The van der Waals surface area contributed by atoms with Crippen molar-refractivity contribution in [3.05, 3.63) is 0 Å². The molecule has 3 heteroatoms. The van der Waals surface area contributed by atoms with Crippen molar-refractivity contribution in [2.45, 2.75) is 38.6 Å². The first-order valence-corrected chi connectivity index (χ1v) is 5.08. The minimum Gasteiger partial charge on any atom is -0.396 e. The molecule has 0 amide bonds. The van der Waals surface area contributed by atoms with Crippen LogP contribution in [-0.4, -0.2) is 41.5 Å². The van der Waals surface area contributed by atoms with Gasteiger partial charge in [-0.15, -0.1) is 0 Å². The van der Waals surface area contributed by atoms with Crippen LogP contribution in [0.1, 0.15) is 32.6 Å². The van der Waals surface area contributed by atoms with Crippen LogP contribution in [0, 0.1) is 0 Å². The Morgan fingerprint density at radius 2 is 2.38 bits per heavy atom. The Labute approximate surface area is 79.7 Å². The zero-order chi connectivity index (χ0) is 9.68. The Balaban J connectivity index is 2.30. The van der Waals surface area contributed by atoms with Gasteiger partial charge in [0, 0.05) is 25.6 Å². The number of Topliss-reactive ketones (excluding diaryl/α,β-unsaturated/α-hetero) is 1. The molecule has 1 saturated heterocycles. The van der Waals surface area contributed by atoms with Crippen molar-refractivity contribution in [2.24, 2.45) is 0 Å². The van der Waals surface area contributed by atoms with Crippen molar-refractivity contribution in [3.63, 3.8) is 0 Å². The lowest BCUT2D eigenvalue weighted by atomic mass is 10.1. The summed E-state index contributed by atoms with van der Waals surface area (Å²) < 4.78 is 0. The standard InChI is InChI=1S/C10H19NO2/c1-9(13)8-10-4-2-5-11(10)6-3-7-12/h10,12H,2-8H2,1H3. The van der Waals surface area contributed by atoms with E-state index in [0.29, 0.717) is 12.5 Å². The van der Waals surface area contributed by atoms with Gasteiger partial charge in [-0.2, -0.15) is 0 Å². The van der Waals surface area contributed by atoms with Crippen LogP contribution < -0.4 is 0 Å². The van der Waals surface area contributed by atoms with Gasteiger partial charge in [-0.05, 0) is 32.7 Å². The van der Waals surface area contributed by atoms with Crippen LogP contribution in [0.4, 0.5) is 0 Å². The molecule has 0 aromatic heterocycles. The zero-order valence-electron chi connectivity index (χ0n) is 8.33. The van der Waals surface area contributed by atoms with Crippen LogP contribution in [-0.2, 0) is 4.79 Å². The second kappa shape index (κ2) is 5.35. The number of ketones is 1. The van der Waals surface area contributed by atoms with Crippen LogP contribution >= 0.6 is 0 Å². The number of likely N-dealkylation sites (tertiary alicyclic amines) is 1. The van der Waals surface area contributed by atoms with Crippen LogP contribution in [0.5, 0.6) is 0 Å². The van der Waals surface area contributed by atoms with Crippen LogP contribution in [0.25, 0.3) is 0 Å². The first kappa shape index (κ1) is 10.7. The highest BCUT2D eigenvalue weighted by molar-refractivity contribution is 5.76.